The van der Waals surface area contributed by atoms with Gasteiger partial charge in [-0.25, -0.2) is 0 Å². The minimum Gasteiger partial charge on any atom is -0.302 e. The summed E-state index contributed by atoms with van der Waals surface area (Å²) in [4.78, 5) is 13.4. The molecule has 0 spiro atoms. The number of nitrogens with zero attached hydrogens (tertiary/aromatic N) is 3. The molecule has 1 aromatic rings. The van der Waals surface area contributed by atoms with Gasteiger partial charge < -0.3 is 10.3 Å². The van der Waals surface area contributed by atoms with Crippen molar-refractivity contribution in [2.24, 2.45) is 11.0 Å². The van der Waals surface area contributed by atoms with Crippen LogP contribution in [0.3, 0.4) is 0 Å². The summed E-state index contributed by atoms with van der Waals surface area (Å²) in [5, 5.41) is 15.7. The lowest BCUT2D eigenvalue weighted by atomic mass is 9.86. The zero-order chi connectivity index (χ0) is 14.8. The van der Waals surface area contributed by atoms with Crippen LogP contribution in [0.5, 0.6) is 0 Å². The Balaban J connectivity index is 1.86. The van der Waals surface area contributed by atoms with Crippen molar-refractivity contribution in [1.29, 1.82) is 0 Å². The van der Waals surface area contributed by atoms with E-state index in [2.05, 4.69) is 22.4 Å². The first-order chi connectivity index (χ1) is 10.2. The Morgan fingerprint density at radius 3 is 3.05 bits per heavy atom. The van der Waals surface area contributed by atoms with Crippen LogP contribution >= 0.6 is 0 Å². The van der Waals surface area contributed by atoms with Crippen LogP contribution < -0.4 is 5.43 Å². The topological polar surface area (TPSA) is 70.8 Å². The summed E-state index contributed by atoms with van der Waals surface area (Å²) in [6.45, 7) is 5.22. The molecular weight excluding hydrogens is 268 g/mol. The fourth-order valence-electron chi connectivity index (χ4n) is 3.33. The van der Waals surface area contributed by atoms with Crippen molar-refractivity contribution < 1.29 is 4.92 Å². The summed E-state index contributed by atoms with van der Waals surface area (Å²) >= 11 is 0. The number of para-hydroxylation sites is 1. The van der Waals surface area contributed by atoms with Gasteiger partial charge in [-0.1, -0.05) is 19.1 Å². The SMILES string of the molecule is CCCN1CCC2=NNC(c3ccccc3[N+](=O)[O-])C2C1. The Kier molecular flexibility index (Phi) is 3.88. The summed E-state index contributed by atoms with van der Waals surface area (Å²) < 4.78 is 0. The van der Waals surface area contributed by atoms with Crippen molar-refractivity contribution >= 4 is 11.4 Å². The number of hydrogen-bond donors (Lipinski definition) is 1. The molecule has 0 aromatic heterocycles. The van der Waals surface area contributed by atoms with Crippen LogP contribution in [0, 0.1) is 16.0 Å². The van der Waals surface area contributed by atoms with Gasteiger partial charge in [-0.3, -0.25) is 10.1 Å². The van der Waals surface area contributed by atoms with Gasteiger partial charge in [0.25, 0.3) is 5.69 Å². The standard InChI is InChI=1S/C15H20N4O2/c1-2-8-18-9-7-13-12(10-18)15(17-16-13)11-5-3-4-6-14(11)19(20)21/h3-6,12,15,17H,2,7-10H2,1H3. The lowest BCUT2D eigenvalue weighted by Crippen LogP contribution is -2.42. The molecule has 2 aliphatic heterocycles. The Morgan fingerprint density at radius 1 is 1.48 bits per heavy atom. The molecule has 0 radical (unpaired) electrons. The molecule has 6 nitrogen and oxygen atoms in total. The number of nitrogens with one attached hydrogen (secondary N) is 1. The van der Waals surface area contributed by atoms with Crippen LogP contribution in [-0.2, 0) is 0 Å². The number of hydrazone groups is 1. The average molecular weight is 288 g/mol. The summed E-state index contributed by atoms with van der Waals surface area (Å²) in [5.41, 5.74) is 5.21. The maximum Gasteiger partial charge on any atom is 0.274 e. The van der Waals surface area contributed by atoms with Crippen LogP contribution in [0.4, 0.5) is 5.69 Å². The van der Waals surface area contributed by atoms with E-state index < -0.39 is 0 Å². The molecule has 2 heterocycles. The zero-order valence-electron chi connectivity index (χ0n) is 12.2. The highest BCUT2D eigenvalue weighted by Crippen LogP contribution is 2.36. The molecule has 1 saturated heterocycles. The third kappa shape index (κ3) is 2.63. The summed E-state index contributed by atoms with van der Waals surface area (Å²) in [6, 6.07) is 6.90. The molecule has 2 aliphatic rings. The Labute approximate surface area is 124 Å². The van der Waals surface area contributed by atoms with Gasteiger partial charge in [-0.05, 0) is 19.0 Å². The molecule has 1 aromatic carbocycles. The van der Waals surface area contributed by atoms with E-state index >= 15 is 0 Å². The Bertz CT molecular complexity index is 573. The monoisotopic (exact) mass is 288 g/mol. The molecule has 2 atom stereocenters. The van der Waals surface area contributed by atoms with E-state index in [0.717, 1.165) is 43.8 Å². The predicted octanol–water partition coefficient (Wildman–Crippen LogP) is 2.33. The van der Waals surface area contributed by atoms with E-state index in [1.807, 2.05) is 12.1 Å². The second kappa shape index (κ2) is 5.81. The van der Waals surface area contributed by atoms with Gasteiger partial charge in [-0.2, -0.15) is 5.10 Å². The first-order valence-corrected chi connectivity index (χ1v) is 7.48. The highest BCUT2D eigenvalue weighted by Gasteiger charge is 2.39. The summed E-state index contributed by atoms with van der Waals surface area (Å²) in [6.07, 6.45) is 2.08. The maximum absolute atomic E-state index is 11.2. The van der Waals surface area contributed by atoms with Gasteiger partial charge in [0.15, 0.2) is 0 Å². The Hall–Kier alpha value is -1.95. The van der Waals surface area contributed by atoms with Crippen LogP contribution in [0.1, 0.15) is 31.4 Å². The van der Waals surface area contributed by atoms with Gasteiger partial charge in [0, 0.05) is 37.2 Å². The van der Waals surface area contributed by atoms with Crippen molar-refractivity contribution in [3.05, 3.63) is 39.9 Å². The lowest BCUT2D eigenvalue weighted by Gasteiger charge is -2.33. The third-order valence-electron chi connectivity index (χ3n) is 4.33. The van der Waals surface area contributed by atoms with Crippen molar-refractivity contribution in [1.82, 2.24) is 10.3 Å². The van der Waals surface area contributed by atoms with Gasteiger partial charge in [-0.15, -0.1) is 0 Å². The quantitative estimate of drug-likeness (QED) is 0.682. The number of nitro groups is 1. The molecular formula is C15H20N4O2. The van der Waals surface area contributed by atoms with Crippen molar-refractivity contribution in [3.63, 3.8) is 0 Å². The first kappa shape index (κ1) is 14.0. The van der Waals surface area contributed by atoms with Crippen LogP contribution in [0.25, 0.3) is 0 Å². The van der Waals surface area contributed by atoms with Crippen LogP contribution in [0.15, 0.2) is 29.4 Å². The number of rotatable bonds is 4. The second-order valence-electron chi connectivity index (χ2n) is 5.68. The molecule has 0 bridgehead atoms. The third-order valence-corrected chi connectivity index (χ3v) is 4.33. The van der Waals surface area contributed by atoms with Gasteiger partial charge >= 0.3 is 0 Å². The number of piperidine rings is 1. The fourth-order valence-corrected chi connectivity index (χ4v) is 3.33. The van der Waals surface area contributed by atoms with E-state index in [9.17, 15) is 10.1 Å². The van der Waals surface area contributed by atoms with Gasteiger partial charge in [0.2, 0.25) is 0 Å². The highest BCUT2D eigenvalue weighted by atomic mass is 16.6. The average Bonchev–Trinajstić information content (AvgIpc) is 2.90. The number of benzene rings is 1. The Morgan fingerprint density at radius 2 is 2.29 bits per heavy atom. The number of nitro benzene ring substituents is 1. The van der Waals surface area contributed by atoms with Crippen molar-refractivity contribution in [2.75, 3.05) is 19.6 Å². The van der Waals surface area contributed by atoms with Gasteiger partial charge in [0.05, 0.1) is 16.5 Å². The summed E-state index contributed by atoms with van der Waals surface area (Å²) in [5.74, 6) is 0.242. The largest absolute Gasteiger partial charge is 0.302 e. The van der Waals surface area contributed by atoms with Gasteiger partial charge in [0.1, 0.15) is 0 Å². The fraction of sp³-hybridized carbons (Fsp3) is 0.533. The van der Waals surface area contributed by atoms with Crippen molar-refractivity contribution in [2.45, 2.75) is 25.8 Å². The molecule has 0 saturated carbocycles. The molecule has 1 N–H and O–H groups in total. The predicted molar refractivity (Wildman–Crippen MR) is 81.2 cm³/mol. The number of likely N-dealkylation sites (tertiary alicyclic amines) is 1. The van der Waals surface area contributed by atoms with E-state index in [0.29, 0.717) is 0 Å². The van der Waals surface area contributed by atoms with E-state index in [-0.39, 0.29) is 22.6 Å². The van der Waals surface area contributed by atoms with Crippen molar-refractivity contribution in [3.8, 4) is 0 Å². The zero-order valence-corrected chi connectivity index (χ0v) is 12.2. The normalized spacial score (nSPS) is 25.1. The number of fused-ring (bicyclic) bond motifs is 1. The minimum absolute atomic E-state index is 0.0822. The molecule has 21 heavy (non-hydrogen) atoms. The molecule has 112 valence electrons. The van der Waals surface area contributed by atoms with Crippen LogP contribution in [0.2, 0.25) is 0 Å². The first-order valence-electron chi connectivity index (χ1n) is 7.48. The summed E-state index contributed by atoms with van der Waals surface area (Å²) in [7, 11) is 0. The minimum atomic E-state index is -0.304. The van der Waals surface area contributed by atoms with E-state index in [1.165, 1.54) is 0 Å². The molecule has 2 unspecified atom stereocenters. The van der Waals surface area contributed by atoms with Crippen LogP contribution in [-0.4, -0.2) is 35.2 Å². The molecule has 3 rings (SSSR count). The van der Waals surface area contributed by atoms with E-state index in [1.54, 1.807) is 12.1 Å². The molecule has 1 fully saturated rings. The van der Waals surface area contributed by atoms with E-state index in [4.69, 9.17) is 0 Å². The molecule has 0 amide bonds. The smallest absolute Gasteiger partial charge is 0.274 e. The molecule has 6 heteroatoms. The molecule has 0 aliphatic carbocycles. The second-order valence-corrected chi connectivity index (χ2v) is 5.68. The lowest BCUT2D eigenvalue weighted by molar-refractivity contribution is -0.385. The maximum atomic E-state index is 11.2. The highest BCUT2D eigenvalue weighted by molar-refractivity contribution is 5.90. The number of hydrogen-bond acceptors (Lipinski definition) is 5.